The number of anilines is 1. The van der Waals surface area contributed by atoms with Crippen LogP contribution in [-0.2, 0) is 26.8 Å². The van der Waals surface area contributed by atoms with Crippen LogP contribution >= 0.6 is 0 Å². The van der Waals surface area contributed by atoms with Gasteiger partial charge in [-0.05, 0) is 42.5 Å². The highest BCUT2D eigenvalue weighted by Gasteiger charge is 2.27. The molecule has 0 spiro atoms. The van der Waals surface area contributed by atoms with Crippen molar-refractivity contribution in [2.75, 3.05) is 5.32 Å². The molecule has 2 aromatic carbocycles. The second kappa shape index (κ2) is 7.32. The van der Waals surface area contributed by atoms with Crippen LogP contribution in [0, 0.1) is 0 Å². The van der Waals surface area contributed by atoms with E-state index in [-0.39, 0.29) is 23.0 Å². The number of rotatable bonds is 6. The van der Waals surface area contributed by atoms with E-state index >= 15 is 0 Å². The van der Waals surface area contributed by atoms with Gasteiger partial charge in [0.25, 0.3) is 0 Å². The fraction of sp³-hybridized carbons (Fsp3) is 0.350. The summed E-state index contributed by atoms with van der Waals surface area (Å²) in [6.07, 6.45) is 0.119. The van der Waals surface area contributed by atoms with Crippen LogP contribution in [0.2, 0.25) is 0 Å². The number of carbonyl (C=O) groups excluding carboxylic acids is 1. The van der Waals surface area contributed by atoms with Gasteiger partial charge in [-0.2, -0.15) is 0 Å². The maximum atomic E-state index is 12.8. The van der Waals surface area contributed by atoms with E-state index in [1.54, 1.807) is 6.07 Å². The van der Waals surface area contributed by atoms with Crippen LogP contribution in [0.4, 0.5) is 10.5 Å². The van der Waals surface area contributed by atoms with Crippen molar-refractivity contribution >= 4 is 21.8 Å². The Bertz CT molecular complexity index is 940. The van der Waals surface area contributed by atoms with Crippen molar-refractivity contribution in [2.24, 2.45) is 0 Å². The van der Waals surface area contributed by atoms with E-state index in [1.165, 1.54) is 12.1 Å². The number of sulfonamides is 1. The van der Waals surface area contributed by atoms with Gasteiger partial charge in [-0.1, -0.05) is 44.2 Å². The largest absolute Gasteiger partial charge is 0.444 e. The fourth-order valence-corrected chi connectivity index (χ4v) is 4.71. The zero-order valence-electron chi connectivity index (χ0n) is 15.7. The van der Waals surface area contributed by atoms with Gasteiger partial charge in [0, 0.05) is 11.6 Å². The molecule has 0 aromatic heterocycles. The van der Waals surface area contributed by atoms with Gasteiger partial charge in [-0.15, -0.1) is 0 Å². The summed E-state index contributed by atoms with van der Waals surface area (Å²) in [4.78, 5) is 11.4. The van der Waals surface area contributed by atoms with Crippen LogP contribution < -0.4 is 10.0 Å². The van der Waals surface area contributed by atoms with Gasteiger partial charge in [0.2, 0.25) is 10.0 Å². The van der Waals surface area contributed by atoms with Gasteiger partial charge < -0.3 is 4.74 Å². The van der Waals surface area contributed by atoms with Crippen LogP contribution in [0.1, 0.15) is 38.3 Å². The molecule has 0 fully saturated rings. The van der Waals surface area contributed by atoms with Crippen LogP contribution in [0.5, 0.6) is 0 Å². The first kappa shape index (κ1) is 19.4. The average molecular weight is 388 g/mol. The minimum atomic E-state index is -3.68. The van der Waals surface area contributed by atoms with Gasteiger partial charge in [-0.3, -0.25) is 5.32 Å². The third-order valence-corrected chi connectivity index (χ3v) is 6.30. The molecule has 2 N–H and O–H groups in total. The van der Waals surface area contributed by atoms with Crippen molar-refractivity contribution in [3.8, 4) is 0 Å². The summed E-state index contributed by atoms with van der Waals surface area (Å²) in [5, 5.41) is 2.55. The first-order valence-electron chi connectivity index (χ1n) is 8.82. The quantitative estimate of drug-likeness (QED) is 0.789. The molecule has 2 aromatic rings. The number of ether oxygens (including phenoxy) is 1. The van der Waals surface area contributed by atoms with E-state index in [0.717, 1.165) is 5.56 Å². The Balaban J connectivity index is 1.73. The molecule has 1 unspecified atom stereocenters. The first-order chi connectivity index (χ1) is 12.7. The predicted molar refractivity (Wildman–Crippen MR) is 104 cm³/mol. The molecule has 144 valence electrons. The molecule has 0 aliphatic carbocycles. The zero-order chi connectivity index (χ0) is 19.7. The maximum Gasteiger partial charge on any atom is 0.411 e. The lowest BCUT2D eigenvalue weighted by Gasteiger charge is -2.29. The molecule has 0 saturated heterocycles. The van der Waals surface area contributed by atoms with Crippen molar-refractivity contribution in [1.29, 1.82) is 0 Å². The number of hydrogen-bond donors (Lipinski definition) is 2. The Morgan fingerprint density at radius 1 is 1.19 bits per heavy atom. The topological polar surface area (TPSA) is 84.5 Å². The summed E-state index contributed by atoms with van der Waals surface area (Å²) in [7, 11) is -3.68. The van der Waals surface area contributed by atoms with Crippen LogP contribution in [0.25, 0.3) is 0 Å². The molecule has 1 heterocycles. The lowest BCUT2D eigenvalue weighted by molar-refractivity contribution is 0.151. The van der Waals surface area contributed by atoms with Crippen molar-refractivity contribution in [3.05, 3.63) is 59.7 Å². The minimum absolute atomic E-state index is 0.0567. The first-order valence-corrected chi connectivity index (χ1v) is 10.3. The van der Waals surface area contributed by atoms with E-state index in [4.69, 9.17) is 4.74 Å². The summed E-state index contributed by atoms with van der Waals surface area (Å²) >= 11 is 0. The summed E-state index contributed by atoms with van der Waals surface area (Å²) in [6.45, 7) is 6.13. The highest BCUT2D eigenvalue weighted by Crippen LogP contribution is 2.29. The summed E-state index contributed by atoms with van der Waals surface area (Å²) < 4.78 is 33.2. The highest BCUT2D eigenvalue weighted by molar-refractivity contribution is 7.89. The number of carbonyl (C=O) groups is 1. The monoisotopic (exact) mass is 388 g/mol. The molecule has 0 saturated carbocycles. The number of amides is 1. The Hall–Kier alpha value is -2.38. The van der Waals surface area contributed by atoms with E-state index < -0.39 is 16.1 Å². The number of fused-ring (bicyclic) bond motifs is 1. The van der Waals surface area contributed by atoms with Crippen LogP contribution in [-0.4, -0.2) is 20.6 Å². The Kier molecular flexibility index (Phi) is 5.26. The summed E-state index contributed by atoms with van der Waals surface area (Å²) in [5.74, 6) is 0. The van der Waals surface area contributed by atoms with Gasteiger partial charge in [-0.25, -0.2) is 17.9 Å². The Labute approximate surface area is 160 Å². The molecule has 0 bridgehead atoms. The molecular formula is C20H24N2O4S. The SMILES string of the molecule is CC(CC(C)(C)c1ccccc1)NS(=O)(=O)c1ccc2c(c1)COC(=O)N2. The van der Waals surface area contributed by atoms with Crippen molar-refractivity contribution in [3.63, 3.8) is 0 Å². The molecule has 7 heteroatoms. The Morgan fingerprint density at radius 3 is 2.59 bits per heavy atom. The predicted octanol–water partition coefficient (Wildman–Crippen LogP) is 3.78. The minimum Gasteiger partial charge on any atom is -0.444 e. The second-order valence-corrected chi connectivity index (χ2v) is 9.21. The van der Waals surface area contributed by atoms with Gasteiger partial charge in [0.1, 0.15) is 6.61 Å². The standard InChI is InChI=1S/C20H24N2O4S/c1-14(12-20(2,3)16-7-5-4-6-8-16)22-27(24,25)17-9-10-18-15(11-17)13-26-19(23)21-18/h4-11,14,22H,12-13H2,1-3H3,(H,21,23). The third kappa shape index (κ3) is 4.48. The fourth-order valence-electron chi connectivity index (χ4n) is 3.42. The Morgan fingerprint density at radius 2 is 1.89 bits per heavy atom. The lowest BCUT2D eigenvalue weighted by Crippen LogP contribution is -2.37. The van der Waals surface area contributed by atoms with E-state index in [2.05, 4.69) is 36.0 Å². The zero-order valence-corrected chi connectivity index (χ0v) is 16.5. The maximum absolute atomic E-state index is 12.8. The van der Waals surface area contributed by atoms with Crippen molar-refractivity contribution in [1.82, 2.24) is 4.72 Å². The van der Waals surface area contributed by atoms with Gasteiger partial charge in [0.15, 0.2) is 0 Å². The molecule has 3 rings (SSSR count). The van der Waals surface area contributed by atoms with E-state index in [0.29, 0.717) is 17.7 Å². The molecule has 1 atom stereocenters. The molecule has 6 nitrogen and oxygen atoms in total. The molecule has 1 aliphatic heterocycles. The van der Waals surface area contributed by atoms with E-state index in [9.17, 15) is 13.2 Å². The number of nitrogens with one attached hydrogen (secondary N) is 2. The number of benzene rings is 2. The summed E-state index contributed by atoms with van der Waals surface area (Å²) in [5.41, 5.74) is 2.20. The van der Waals surface area contributed by atoms with Crippen molar-refractivity contribution < 1.29 is 17.9 Å². The third-order valence-electron chi connectivity index (χ3n) is 4.71. The molecule has 27 heavy (non-hydrogen) atoms. The van der Waals surface area contributed by atoms with Gasteiger partial charge in [0.05, 0.1) is 10.6 Å². The van der Waals surface area contributed by atoms with Crippen LogP contribution in [0.3, 0.4) is 0 Å². The molecule has 1 amide bonds. The molecule has 0 radical (unpaired) electrons. The molecular weight excluding hydrogens is 364 g/mol. The van der Waals surface area contributed by atoms with E-state index in [1.807, 2.05) is 25.1 Å². The smallest absolute Gasteiger partial charge is 0.411 e. The normalized spacial score (nSPS) is 15.4. The second-order valence-electron chi connectivity index (χ2n) is 7.50. The van der Waals surface area contributed by atoms with Crippen LogP contribution in [0.15, 0.2) is 53.4 Å². The lowest BCUT2D eigenvalue weighted by atomic mass is 9.79. The van der Waals surface area contributed by atoms with Gasteiger partial charge >= 0.3 is 6.09 Å². The average Bonchev–Trinajstić information content (AvgIpc) is 2.61. The summed E-state index contributed by atoms with van der Waals surface area (Å²) in [6, 6.07) is 14.4. The number of cyclic esters (lactones) is 1. The highest BCUT2D eigenvalue weighted by atomic mass is 32.2. The van der Waals surface area contributed by atoms with Crippen molar-refractivity contribution in [2.45, 2.75) is 50.2 Å². The number of hydrogen-bond acceptors (Lipinski definition) is 4. The molecule has 1 aliphatic rings.